The van der Waals surface area contributed by atoms with Gasteiger partial charge in [0, 0.05) is 18.1 Å². The first-order valence-electron chi connectivity index (χ1n) is 5.71. The predicted molar refractivity (Wildman–Crippen MR) is 71.1 cm³/mol. The van der Waals surface area contributed by atoms with Crippen LogP contribution in [-0.4, -0.2) is 24.1 Å². The molecule has 1 fully saturated rings. The molecule has 0 radical (unpaired) electrons. The highest BCUT2D eigenvalue weighted by Gasteiger charge is 2.17. The summed E-state index contributed by atoms with van der Waals surface area (Å²) in [6, 6.07) is 7.79. The molecule has 0 N–H and O–H groups in total. The van der Waals surface area contributed by atoms with E-state index < -0.39 is 0 Å². The molecule has 1 saturated heterocycles. The van der Waals surface area contributed by atoms with Gasteiger partial charge in [-0.15, -0.1) is 0 Å². The van der Waals surface area contributed by atoms with Crippen molar-refractivity contribution in [2.75, 3.05) is 19.0 Å². The number of carbonyl (C=O) groups is 1. The summed E-state index contributed by atoms with van der Waals surface area (Å²) in [7, 11) is 0. The van der Waals surface area contributed by atoms with Crippen LogP contribution in [0.4, 0.5) is 0 Å². The second-order valence-corrected chi connectivity index (χ2v) is 4.93. The minimum Gasteiger partial charge on any atom is -0.346 e. The Balaban J connectivity index is 2.00. The minimum atomic E-state index is -0.265. The van der Waals surface area contributed by atoms with E-state index in [1.807, 2.05) is 24.3 Å². The molecule has 0 saturated carbocycles. The molecule has 0 atom stereocenters. The van der Waals surface area contributed by atoms with Gasteiger partial charge in [-0.3, -0.25) is 4.79 Å². The zero-order valence-corrected chi connectivity index (χ0v) is 11.0. The largest absolute Gasteiger partial charge is 0.346 e. The maximum Gasteiger partial charge on any atom is 0.186 e. The van der Waals surface area contributed by atoms with Gasteiger partial charge in [-0.25, -0.2) is 0 Å². The Hall–Kier alpha value is -1.28. The molecular formula is C14H14O3S. The minimum absolute atomic E-state index is 0.0887. The van der Waals surface area contributed by atoms with Crippen molar-refractivity contribution in [1.29, 1.82) is 0 Å². The molecule has 0 aromatic heterocycles. The van der Waals surface area contributed by atoms with Crippen LogP contribution in [0.15, 0.2) is 24.3 Å². The maximum absolute atomic E-state index is 10.7. The summed E-state index contributed by atoms with van der Waals surface area (Å²) >= 11 is 1.22. The highest BCUT2D eigenvalue weighted by Crippen LogP contribution is 2.23. The van der Waals surface area contributed by atoms with Crippen molar-refractivity contribution < 1.29 is 14.3 Å². The fourth-order valence-corrected chi connectivity index (χ4v) is 1.94. The third kappa shape index (κ3) is 3.88. The van der Waals surface area contributed by atoms with Crippen molar-refractivity contribution in [1.82, 2.24) is 0 Å². The monoisotopic (exact) mass is 262 g/mol. The molecule has 0 amide bonds. The molecule has 1 heterocycles. The summed E-state index contributed by atoms with van der Waals surface area (Å²) in [5, 5.41) is 0.0887. The predicted octanol–water partition coefficient (Wildman–Crippen LogP) is 2.36. The highest BCUT2D eigenvalue weighted by atomic mass is 32.2. The lowest BCUT2D eigenvalue weighted by Crippen LogP contribution is -1.97. The third-order valence-electron chi connectivity index (χ3n) is 2.36. The molecule has 94 valence electrons. The van der Waals surface area contributed by atoms with Gasteiger partial charge < -0.3 is 9.47 Å². The van der Waals surface area contributed by atoms with Gasteiger partial charge in [0.15, 0.2) is 11.4 Å². The zero-order chi connectivity index (χ0) is 12.8. The molecule has 1 aliphatic rings. The molecule has 0 aliphatic carbocycles. The van der Waals surface area contributed by atoms with Gasteiger partial charge in [-0.1, -0.05) is 35.7 Å². The van der Waals surface area contributed by atoms with E-state index in [-0.39, 0.29) is 11.4 Å². The molecule has 1 aromatic rings. The number of benzene rings is 1. The Morgan fingerprint density at radius 1 is 1.44 bits per heavy atom. The first-order chi connectivity index (χ1) is 8.75. The Morgan fingerprint density at radius 3 is 2.94 bits per heavy atom. The molecule has 18 heavy (non-hydrogen) atoms. The second kappa shape index (κ2) is 6.60. The van der Waals surface area contributed by atoms with Crippen LogP contribution in [0.25, 0.3) is 0 Å². The van der Waals surface area contributed by atoms with Gasteiger partial charge in [-0.2, -0.15) is 0 Å². The van der Waals surface area contributed by atoms with E-state index in [4.69, 9.17) is 9.47 Å². The van der Waals surface area contributed by atoms with E-state index in [2.05, 4.69) is 11.8 Å². The van der Waals surface area contributed by atoms with E-state index >= 15 is 0 Å². The maximum atomic E-state index is 10.7. The van der Waals surface area contributed by atoms with E-state index in [9.17, 15) is 4.79 Å². The summed E-state index contributed by atoms with van der Waals surface area (Å²) in [5.74, 6) is 6.51. The zero-order valence-electron chi connectivity index (χ0n) is 10.1. The second-order valence-electron chi connectivity index (χ2n) is 3.78. The smallest absolute Gasteiger partial charge is 0.186 e. The lowest BCUT2D eigenvalue weighted by atomic mass is 10.1. The van der Waals surface area contributed by atoms with E-state index in [1.165, 1.54) is 11.8 Å². The van der Waals surface area contributed by atoms with Gasteiger partial charge in [0.05, 0.1) is 19.0 Å². The Morgan fingerprint density at radius 2 is 2.22 bits per heavy atom. The molecule has 0 bridgehead atoms. The number of ether oxygens (including phenoxy) is 2. The SMILES string of the molecule is CC(=O)SCC#Cc1cccc(C2OCCO2)c1. The molecular weight excluding hydrogens is 248 g/mol. The standard InChI is InChI=1S/C14H14O3S/c1-11(15)18-9-3-5-12-4-2-6-13(10-12)14-16-7-8-17-14/h2,4,6,10,14H,7-9H2,1H3. The van der Waals surface area contributed by atoms with Crippen molar-refractivity contribution >= 4 is 16.9 Å². The van der Waals surface area contributed by atoms with Crippen molar-refractivity contribution in [3.05, 3.63) is 35.4 Å². The number of hydrogen-bond acceptors (Lipinski definition) is 4. The summed E-state index contributed by atoms with van der Waals surface area (Å²) < 4.78 is 10.9. The average Bonchev–Trinajstić information content (AvgIpc) is 2.89. The van der Waals surface area contributed by atoms with Crippen LogP contribution in [0, 0.1) is 11.8 Å². The van der Waals surface area contributed by atoms with Crippen molar-refractivity contribution in [3.8, 4) is 11.8 Å². The normalized spacial score (nSPS) is 15.2. The summed E-state index contributed by atoms with van der Waals surface area (Å²) in [5.41, 5.74) is 1.90. The van der Waals surface area contributed by atoms with Crippen LogP contribution < -0.4 is 0 Å². The number of rotatable bonds is 2. The quantitative estimate of drug-likeness (QED) is 0.767. The van der Waals surface area contributed by atoms with E-state index in [0.29, 0.717) is 19.0 Å². The van der Waals surface area contributed by atoms with Gasteiger partial charge >= 0.3 is 0 Å². The van der Waals surface area contributed by atoms with Crippen LogP contribution in [0.1, 0.15) is 24.3 Å². The van der Waals surface area contributed by atoms with Crippen molar-refractivity contribution in [3.63, 3.8) is 0 Å². The van der Waals surface area contributed by atoms with Crippen LogP contribution in [-0.2, 0) is 14.3 Å². The first kappa shape index (κ1) is 13.2. The van der Waals surface area contributed by atoms with Crippen LogP contribution in [0.2, 0.25) is 0 Å². The number of carbonyl (C=O) groups excluding carboxylic acids is 1. The lowest BCUT2D eigenvalue weighted by Gasteiger charge is -2.08. The number of hydrogen-bond donors (Lipinski definition) is 0. The van der Waals surface area contributed by atoms with Crippen LogP contribution in [0.3, 0.4) is 0 Å². The van der Waals surface area contributed by atoms with E-state index in [0.717, 1.165) is 11.1 Å². The Bertz CT molecular complexity index is 481. The molecule has 2 rings (SSSR count). The lowest BCUT2D eigenvalue weighted by molar-refractivity contribution is -0.109. The molecule has 0 spiro atoms. The highest BCUT2D eigenvalue weighted by molar-refractivity contribution is 8.13. The molecule has 1 aromatic carbocycles. The van der Waals surface area contributed by atoms with Crippen molar-refractivity contribution in [2.45, 2.75) is 13.2 Å². The van der Waals surface area contributed by atoms with E-state index in [1.54, 1.807) is 6.92 Å². The van der Waals surface area contributed by atoms with Crippen LogP contribution >= 0.6 is 11.8 Å². The van der Waals surface area contributed by atoms with Gasteiger partial charge in [0.2, 0.25) is 0 Å². The van der Waals surface area contributed by atoms with Gasteiger partial charge in [-0.05, 0) is 12.1 Å². The van der Waals surface area contributed by atoms with Crippen LogP contribution in [0.5, 0.6) is 0 Å². The fourth-order valence-electron chi connectivity index (χ4n) is 1.59. The Labute approximate surface area is 111 Å². The molecule has 4 heteroatoms. The summed E-state index contributed by atoms with van der Waals surface area (Å²) in [6.07, 6.45) is -0.265. The average molecular weight is 262 g/mol. The summed E-state index contributed by atoms with van der Waals surface area (Å²) in [4.78, 5) is 10.7. The molecule has 1 aliphatic heterocycles. The first-order valence-corrected chi connectivity index (χ1v) is 6.69. The third-order valence-corrected chi connectivity index (χ3v) is 3.06. The topological polar surface area (TPSA) is 35.5 Å². The Kier molecular flexibility index (Phi) is 4.82. The van der Waals surface area contributed by atoms with Gasteiger partial charge in [0.25, 0.3) is 0 Å². The summed E-state index contributed by atoms with van der Waals surface area (Å²) in [6.45, 7) is 2.81. The molecule has 3 nitrogen and oxygen atoms in total. The fraction of sp³-hybridized carbons (Fsp3) is 0.357. The van der Waals surface area contributed by atoms with Crippen molar-refractivity contribution in [2.24, 2.45) is 0 Å². The molecule has 0 unspecified atom stereocenters. The number of thioether (sulfide) groups is 1. The van der Waals surface area contributed by atoms with Gasteiger partial charge in [0.1, 0.15) is 0 Å².